The van der Waals surface area contributed by atoms with E-state index < -0.39 is 11.6 Å². The first-order chi connectivity index (χ1) is 11.9. The molecule has 2 aromatic rings. The lowest BCUT2D eigenvalue weighted by molar-refractivity contribution is -0.125. The number of imide groups is 1. The van der Waals surface area contributed by atoms with E-state index in [1.165, 1.54) is 10.4 Å². The summed E-state index contributed by atoms with van der Waals surface area (Å²) in [6, 6.07) is -0.392. The van der Waals surface area contributed by atoms with Gasteiger partial charge in [0.05, 0.1) is 5.39 Å². The van der Waals surface area contributed by atoms with E-state index in [9.17, 15) is 9.59 Å². The van der Waals surface area contributed by atoms with Gasteiger partial charge in [0.2, 0.25) is 0 Å². The molecule has 1 atom stereocenters. The fourth-order valence-electron chi connectivity index (χ4n) is 3.92. The van der Waals surface area contributed by atoms with E-state index in [2.05, 4.69) is 39.3 Å². The zero-order valence-corrected chi connectivity index (χ0v) is 15.4. The van der Waals surface area contributed by atoms with Gasteiger partial charge in [-0.05, 0) is 45.1 Å². The third-order valence-electron chi connectivity index (χ3n) is 5.63. The average Bonchev–Trinajstić information content (AvgIpc) is 3.03. The van der Waals surface area contributed by atoms with Crippen molar-refractivity contribution in [3.8, 4) is 0 Å². The highest BCUT2D eigenvalue weighted by Crippen LogP contribution is 2.37. The summed E-state index contributed by atoms with van der Waals surface area (Å²) < 4.78 is 0. The predicted molar refractivity (Wildman–Crippen MR) is 96.9 cm³/mol. The van der Waals surface area contributed by atoms with Crippen molar-refractivity contribution in [2.24, 2.45) is 5.92 Å². The number of aromatic nitrogens is 2. The summed E-state index contributed by atoms with van der Waals surface area (Å²) in [5.74, 6) is 0.887. The molecule has 0 aliphatic carbocycles. The lowest BCUT2D eigenvalue weighted by Gasteiger charge is -2.39. The molecule has 2 saturated heterocycles. The summed E-state index contributed by atoms with van der Waals surface area (Å²) in [4.78, 5) is 37.2. The molecule has 0 spiro atoms. The Morgan fingerprint density at radius 1 is 1.24 bits per heavy atom. The Bertz CT molecular complexity index is 871. The molecular weight excluding hydrogens is 338 g/mol. The number of fused-ring (bicyclic) bond motifs is 1. The Kier molecular flexibility index (Phi) is 3.68. The molecular formula is C17H21N5O2S. The number of piperidine rings is 1. The van der Waals surface area contributed by atoms with Gasteiger partial charge in [0.25, 0.3) is 5.91 Å². The van der Waals surface area contributed by atoms with E-state index in [1.54, 1.807) is 17.7 Å². The van der Waals surface area contributed by atoms with E-state index >= 15 is 0 Å². The van der Waals surface area contributed by atoms with Gasteiger partial charge < -0.3 is 10.2 Å². The maximum Gasteiger partial charge on any atom is 0.322 e. The zero-order valence-electron chi connectivity index (χ0n) is 14.5. The molecule has 3 amide bonds. The van der Waals surface area contributed by atoms with Crippen LogP contribution in [0.3, 0.4) is 0 Å². The normalized spacial score (nSPS) is 24.7. The van der Waals surface area contributed by atoms with E-state index in [0.717, 1.165) is 42.0 Å². The van der Waals surface area contributed by atoms with E-state index in [-0.39, 0.29) is 11.8 Å². The van der Waals surface area contributed by atoms with Crippen molar-refractivity contribution in [2.75, 3.05) is 18.0 Å². The Hall–Kier alpha value is -2.22. The second-order valence-electron chi connectivity index (χ2n) is 7.03. The van der Waals surface area contributed by atoms with Crippen molar-refractivity contribution >= 4 is 39.3 Å². The minimum atomic E-state index is -0.806. The van der Waals surface area contributed by atoms with Crippen LogP contribution in [0.2, 0.25) is 0 Å². The molecule has 8 heteroatoms. The van der Waals surface area contributed by atoms with Crippen molar-refractivity contribution in [3.63, 3.8) is 0 Å². The lowest BCUT2D eigenvalue weighted by Crippen LogP contribution is -2.54. The Morgan fingerprint density at radius 2 is 1.96 bits per heavy atom. The first-order valence-corrected chi connectivity index (χ1v) is 9.31. The largest absolute Gasteiger partial charge is 0.356 e. The summed E-state index contributed by atoms with van der Waals surface area (Å²) in [5, 5.41) is 6.30. The van der Waals surface area contributed by atoms with Crippen LogP contribution in [0.25, 0.3) is 10.2 Å². The van der Waals surface area contributed by atoms with Crippen molar-refractivity contribution < 1.29 is 9.59 Å². The number of nitrogens with one attached hydrogen (secondary N) is 2. The Labute approximate surface area is 149 Å². The average molecular weight is 359 g/mol. The molecule has 2 aliphatic heterocycles. The van der Waals surface area contributed by atoms with Crippen LogP contribution in [-0.4, -0.2) is 40.5 Å². The molecule has 4 rings (SSSR count). The topological polar surface area (TPSA) is 87.2 Å². The maximum atomic E-state index is 12.2. The molecule has 2 aromatic heterocycles. The molecule has 0 aromatic carbocycles. The molecule has 7 nitrogen and oxygen atoms in total. The SMILES string of the molecule is Cc1sc2ncnc(N3CCC([C@]4(C)NC(=O)NC4=O)CC3)c2c1C. The molecule has 2 N–H and O–H groups in total. The van der Waals surface area contributed by atoms with Crippen LogP contribution >= 0.6 is 11.3 Å². The van der Waals surface area contributed by atoms with Gasteiger partial charge in [0.1, 0.15) is 22.5 Å². The predicted octanol–water partition coefficient (Wildman–Crippen LogP) is 2.12. The van der Waals surface area contributed by atoms with Crippen LogP contribution in [0.1, 0.15) is 30.2 Å². The number of hydrogen-bond donors (Lipinski definition) is 2. The monoisotopic (exact) mass is 359 g/mol. The summed E-state index contributed by atoms with van der Waals surface area (Å²) in [6.45, 7) is 7.67. The van der Waals surface area contributed by atoms with Gasteiger partial charge in [-0.15, -0.1) is 11.3 Å². The summed E-state index contributed by atoms with van der Waals surface area (Å²) >= 11 is 1.70. The highest BCUT2D eigenvalue weighted by molar-refractivity contribution is 7.18. The highest BCUT2D eigenvalue weighted by Gasteiger charge is 2.48. The van der Waals surface area contributed by atoms with Crippen LogP contribution in [0.15, 0.2) is 6.33 Å². The second-order valence-corrected chi connectivity index (χ2v) is 8.24. The molecule has 0 unspecified atom stereocenters. The minimum Gasteiger partial charge on any atom is -0.356 e. The molecule has 0 bridgehead atoms. The van der Waals surface area contributed by atoms with Gasteiger partial charge in [-0.2, -0.15) is 0 Å². The van der Waals surface area contributed by atoms with Gasteiger partial charge in [0, 0.05) is 18.0 Å². The first kappa shape index (κ1) is 16.3. The van der Waals surface area contributed by atoms with Crippen LogP contribution in [0, 0.1) is 19.8 Å². The molecule has 0 radical (unpaired) electrons. The fourth-order valence-corrected chi connectivity index (χ4v) is 4.91. The molecule has 2 aliphatic rings. The Balaban J connectivity index is 1.57. The third kappa shape index (κ3) is 2.47. The number of urea groups is 1. The Morgan fingerprint density at radius 3 is 2.60 bits per heavy atom. The third-order valence-corrected chi connectivity index (χ3v) is 6.74. The summed E-state index contributed by atoms with van der Waals surface area (Å²) in [5.41, 5.74) is 0.436. The van der Waals surface area contributed by atoms with Crippen molar-refractivity contribution in [3.05, 3.63) is 16.8 Å². The van der Waals surface area contributed by atoms with E-state index in [1.807, 2.05) is 6.92 Å². The van der Waals surface area contributed by atoms with Crippen LogP contribution in [0.4, 0.5) is 10.6 Å². The van der Waals surface area contributed by atoms with Crippen molar-refractivity contribution in [1.29, 1.82) is 0 Å². The summed E-state index contributed by atoms with van der Waals surface area (Å²) in [6.07, 6.45) is 3.29. The smallest absolute Gasteiger partial charge is 0.322 e. The van der Waals surface area contributed by atoms with Gasteiger partial charge in [-0.1, -0.05) is 0 Å². The molecule has 4 heterocycles. The zero-order chi connectivity index (χ0) is 17.8. The molecule has 2 fully saturated rings. The van der Waals surface area contributed by atoms with Crippen molar-refractivity contribution in [1.82, 2.24) is 20.6 Å². The first-order valence-electron chi connectivity index (χ1n) is 8.49. The second kappa shape index (κ2) is 5.66. The summed E-state index contributed by atoms with van der Waals surface area (Å²) in [7, 11) is 0. The van der Waals surface area contributed by atoms with Crippen molar-refractivity contribution in [2.45, 2.75) is 39.2 Å². The van der Waals surface area contributed by atoms with Crippen LogP contribution in [0.5, 0.6) is 0 Å². The van der Waals surface area contributed by atoms with Gasteiger partial charge in [-0.3, -0.25) is 10.1 Å². The number of rotatable bonds is 2. The number of hydrogen-bond acceptors (Lipinski definition) is 6. The fraction of sp³-hybridized carbons (Fsp3) is 0.529. The lowest BCUT2D eigenvalue weighted by atomic mass is 9.79. The van der Waals surface area contributed by atoms with Crippen LogP contribution in [-0.2, 0) is 4.79 Å². The number of carbonyl (C=O) groups is 2. The molecule has 0 saturated carbocycles. The van der Waals surface area contributed by atoms with Crippen LogP contribution < -0.4 is 15.5 Å². The number of amides is 3. The maximum absolute atomic E-state index is 12.2. The minimum absolute atomic E-state index is 0.123. The number of nitrogens with zero attached hydrogens (tertiary/aromatic N) is 3. The molecule has 25 heavy (non-hydrogen) atoms. The van der Waals surface area contributed by atoms with E-state index in [4.69, 9.17) is 0 Å². The van der Waals surface area contributed by atoms with E-state index in [0.29, 0.717) is 0 Å². The number of aryl methyl sites for hydroxylation is 2. The number of anilines is 1. The number of thiophene rings is 1. The van der Waals surface area contributed by atoms with Gasteiger partial charge in [-0.25, -0.2) is 14.8 Å². The van der Waals surface area contributed by atoms with Gasteiger partial charge in [0.15, 0.2) is 0 Å². The quantitative estimate of drug-likeness (QED) is 0.802. The molecule has 132 valence electrons. The highest BCUT2D eigenvalue weighted by atomic mass is 32.1. The van der Waals surface area contributed by atoms with Gasteiger partial charge >= 0.3 is 6.03 Å². The number of carbonyl (C=O) groups excluding carboxylic acids is 2. The standard InChI is InChI=1S/C17H21N5O2S/c1-9-10(2)25-14-12(9)13(18-8-19-14)22-6-4-11(5-7-22)17(3)15(23)20-16(24)21-17/h8,11H,4-7H2,1-3H3,(H2,20,21,23,24)/t17-/m0/s1.